The third-order valence-corrected chi connectivity index (χ3v) is 3.42. The van der Waals surface area contributed by atoms with E-state index < -0.39 is 5.54 Å². The van der Waals surface area contributed by atoms with Crippen LogP contribution in [0.4, 0.5) is 0 Å². The maximum atomic E-state index is 11.9. The van der Waals surface area contributed by atoms with Crippen molar-refractivity contribution in [2.24, 2.45) is 5.73 Å². The van der Waals surface area contributed by atoms with E-state index >= 15 is 0 Å². The normalized spacial score (nSPS) is 13.7. The quantitative estimate of drug-likeness (QED) is 0.859. The molecular formula is C17H21NO3. The van der Waals surface area contributed by atoms with Gasteiger partial charge in [0.25, 0.3) is 0 Å². The van der Waals surface area contributed by atoms with E-state index in [4.69, 9.17) is 15.2 Å². The second kappa shape index (κ2) is 6.14. The monoisotopic (exact) mass is 287 g/mol. The van der Waals surface area contributed by atoms with Crippen molar-refractivity contribution in [1.82, 2.24) is 0 Å². The van der Waals surface area contributed by atoms with Crippen molar-refractivity contribution < 1.29 is 14.3 Å². The van der Waals surface area contributed by atoms with Crippen molar-refractivity contribution in [2.75, 3.05) is 13.7 Å². The second-order valence-electron chi connectivity index (χ2n) is 5.36. The minimum Gasteiger partial charge on any atom is -0.497 e. The smallest absolute Gasteiger partial charge is 0.326 e. The number of carbonyl (C=O) groups is 1. The molecule has 0 aliphatic carbocycles. The number of rotatable bonds is 5. The molecule has 0 heterocycles. The molecule has 0 fully saturated rings. The molecule has 0 unspecified atom stereocenters. The number of hydrogen-bond donors (Lipinski definition) is 1. The summed E-state index contributed by atoms with van der Waals surface area (Å²) < 4.78 is 10.3. The van der Waals surface area contributed by atoms with E-state index in [2.05, 4.69) is 0 Å². The summed E-state index contributed by atoms with van der Waals surface area (Å²) in [6.07, 6.45) is 0.430. The van der Waals surface area contributed by atoms with E-state index in [0.29, 0.717) is 13.0 Å². The van der Waals surface area contributed by atoms with Crippen molar-refractivity contribution >= 4 is 16.7 Å². The molecule has 0 saturated heterocycles. The molecule has 0 aliphatic rings. The molecule has 2 aromatic rings. The highest BCUT2D eigenvalue weighted by Gasteiger charge is 2.30. The van der Waals surface area contributed by atoms with Crippen molar-refractivity contribution in [3.05, 3.63) is 42.0 Å². The Hall–Kier alpha value is -2.07. The maximum absolute atomic E-state index is 11.9. The highest BCUT2D eigenvalue weighted by Crippen LogP contribution is 2.23. The summed E-state index contributed by atoms with van der Waals surface area (Å²) in [6.45, 7) is 3.80. The van der Waals surface area contributed by atoms with E-state index in [9.17, 15) is 4.79 Å². The first-order chi connectivity index (χ1) is 9.96. The summed E-state index contributed by atoms with van der Waals surface area (Å²) in [7, 11) is 1.64. The second-order valence-corrected chi connectivity index (χ2v) is 5.36. The molecule has 2 N–H and O–H groups in total. The number of ether oxygens (including phenoxy) is 2. The third-order valence-electron chi connectivity index (χ3n) is 3.42. The van der Waals surface area contributed by atoms with Crippen LogP contribution in [0.1, 0.15) is 19.4 Å². The van der Waals surface area contributed by atoms with Crippen molar-refractivity contribution in [3.8, 4) is 5.75 Å². The van der Waals surface area contributed by atoms with Gasteiger partial charge in [0.15, 0.2) is 0 Å². The fourth-order valence-corrected chi connectivity index (χ4v) is 2.30. The third kappa shape index (κ3) is 3.52. The lowest BCUT2D eigenvalue weighted by molar-refractivity contribution is -0.148. The number of nitrogens with two attached hydrogens (primary N) is 1. The molecule has 1 atom stereocenters. The number of benzene rings is 2. The summed E-state index contributed by atoms with van der Waals surface area (Å²) >= 11 is 0. The highest BCUT2D eigenvalue weighted by molar-refractivity contribution is 5.85. The minimum absolute atomic E-state index is 0.334. The molecule has 112 valence electrons. The van der Waals surface area contributed by atoms with Gasteiger partial charge < -0.3 is 15.2 Å². The van der Waals surface area contributed by atoms with Gasteiger partial charge in [-0.1, -0.05) is 24.3 Å². The molecule has 4 nitrogen and oxygen atoms in total. The zero-order chi connectivity index (χ0) is 15.5. The minimum atomic E-state index is -1.03. The molecule has 0 aliphatic heterocycles. The van der Waals surface area contributed by atoms with Crippen LogP contribution < -0.4 is 10.5 Å². The average Bonchev–Trinajstić information content (AvgIpc) is 2.46. The van der Waals surface area contributed by atoms with Crippen molar-refractivity contribution in [3.63, 3.8) is 0 Å². The van der Waals surface area contributed by atoms with Crippen LogP contribution in [-0.4, -0.2) is 25.2 Å². The highest BCUT2D eigenvalue weighted by atomic mass is 16.5. The van der Waals surface area contributed by atoms with Gasteiger partial charge in [-0.05, 0) is 42.3 Å². The lowest BCUT2D eigenvalue weighted by atomic mass is 9.92. The predicted octanol–water partition coefficient (Wildman–Crippen LogP) is 2.67. The molecule has 0 bridgehead atoms. The Bertz CT molecular complexity index is 650. The van der Waals surface area contributed by atoms with Crippen LogP contribution >= 0.6 is 0 Å². The van der Waals surface area contributed by atoms with Gasteiger partial charge in [-0.25, -0.2) is 0 Å². The number of esters is 1. The van der Waals surface area contributed by atoms with E-state index in [1.54, 1.807) is 21.0 Å². The Morgan fingerprint density at radius 2 is 1.90 bits per heavy atom. The van der Waals surface area contributed by atoms with Crippen LogP contribution in [0.15, 0.2) is 36.4 Å². The van der Waals surface area contributed by atoms with Crippen molar-refractivity contribution in [2.45, 2.75) is 25.8 Å². The molecule has 0 aromatic heterocycles. The summed E-state index contributed by atoms with van der Waals surface area (Å²) in [6, 6.07) is 11.9. The van der Waals surface area contributed by atoms with Crippen LogP contribution in [-0.2, 0) is 16.0 Å². The summed E-state index contributed by atoms with van der Waals surface area (Å²) in [5.41, 5.74) is 6.05. The van der Waals surface area contributed by atoms with Gasteiger partial charge in [0.05, 0.1) is 13.7 Å². The molecule has 2 rings (SSSR count). The van der Waals surface area contributed by atoms with E-state index in [0.717, 1.165) is 22.1 Å². The van der Waals surface area contributed by atoms with Crippen LogP contribution in [0.3, 0.4) is 0 Å². The Morgan fingerprint density at radius 3 is 2.57 bits per heavy atom. The molecule has 0 spiro atoms. The van der Waals surface area contributed by atoms with Gasteiger partial charge >= 0.3 is 5.97 Å². The summed E-state index contributed by atoms with van der Waals surface area (Å²) in [5, 5.41) is 2.18. The van der Waals surface area contributed by atoms with Crippen LogP contribution in [0.2, 0.25) is 0 Å². The first-order valence-corrected chi connectivity index (χ1v) is 6.99. The fourth-order valence-electron chi connectivity index (χ4n) is 2.30. The van der Waals surface area contributed by atoms with E-state index in [1.165, 1.54) is 0 Å². The summed E-state index contributed by atoms with van der Waals surface area (Å²) in [5.74, 6) is 0.427. The molecule has 2 aromatic carbocycles. The van der Waals surface area contributed by atoms with Crippen molar-refractivity contribution in [1.29, 1.82) is 0 Å². The molecule has 0 amide bonds. The number of carbonyl (C=O) groups excluding carboxylic acids is 1. The maximum Gasteiger partial charge on any atom is 0.326 e. The number of hydrogen-bond acceptors (Lipinski definition) is 4. The molecule has 4 heteroatoms. The van der Waals surface area contributed by atoms with Gasteiger partial charge in [0, 0.05) is 6.42 Å². The largest absolute Gasteiger partial charge is 0.497 e. The fraction of sp³-hybridized carbons (Fsp3) is 0.353. The van der Waals surface area contributed by atoms with E-state index in [1.807, 2.05) is 36.4 Å². The number of methoxy groups -OCH3 is 1. The van der Waals surface area contributed by atoms with Gasteiger partial charge in [0.1, 0.15) is 11.3 Å². The standard InChI is InChI=1S/C17H21NO3/c1-4-21-16(19)17(2,18)11-12-5-6-13-7-8-15(20-3)10-14(13)9-12/h5-10H,4,11,18H2,1-3H3/t17-/m0/s1. The Morgan fingerprint density at radius 1 is 1.19 bits per heavy atom. The van der Waals surface area contributed by atoms with Gasteiger partial charge in [-0.3, -0.25) is 4.79 Å². The SMILES string of the molecule is CCOC(=O)[C@@](C)(N)Cc1ccc2ccc(OC)cc2c1. The van der Waals surface area contributed by atoms with E-state index in [-0.39, 0.29) is 5.97 Å². The van der Waals surface area contributed by atoms with Crippen LogP contribution in [0.5, 0.6) is 5.75 Å². The first kappa shape index (κ1) is 15.3. The predicted molar refractivity (Wildman–Crippen MR) is 83.4 cm³/mol. The lowest BCUT2D eigenvalue weighted by Gasteiger charge is -2.22. The molecule has 0 radical (unpaired) electrons. The Balaban J connectivity index is 2.28. The topological polar surface area (TPSA) is 61.5 Å². The average molecular weight is 287 g/mol. The lowest BCUT2D eigenvalue weighted by Crippen LogP contribution is -2.48. The molecule has 0 saturated carbocycles. The first-order valence-electron chi connectivity index (χ1n) is 6.99. The van der Waals surface area contributed by atoms with Gasteiger partial charge in [0.2, 0.25) is 0 Å². The summed E-state index contributed by atoms with van der Waals surface area (Å²) in [4.78, 5) is 11.9. The van der Waals surface area contributed by atoms with Gasteiger partial charge in [-0.2, -0.15) is 0 Å². The van der Waals surface area contributed by atoms with Crippen LogP contribution in [0.25, 0.3) is 10.8 Å². The Labute approximate surface area is 124 Å². The number of fused-ring (bicyclic) bond motifs is 1. The zero-order valence-corrected chi connectivity index (χ0v) is 12.7. The Kier molecular flexibility index (Phi) is 4.48. The molecular weight excluding hydrogens is 266 g/mol. The van der Waals surface area contributed by atoms with Crippen LogP contribution in [0, 0.1) is 0 Å². The zero-order valence-electron chi connectivity index (χ0n) is 12.7. The van der Waals surface area contributed by atoms with Gasteiger partial charge in [-0.15, -0.1) is 0 Å². The molecule has 21 heavy (non-hydrogen) atoms.